The zero-order valence-electron chi connectivity index (χ0n) is 14.4. The summed E-state index contributed by atoms with van der Waals surface area (Å²) in [6, 6.07) is 11.7. The molecule has 0 spiro atoms. The summed E-state index contributed by atoms with van der Waals surface area (Å²) < 4.78 is 6.25. The van der Waals surface area contributed by atoms with E-state index in [4.69, 9.17) is 4.74 Å². The summed E-state index contributed by atoms with van der Waals surface area (Å²) in [7, 11) is 0. The molecule has 2 rings (SSSR count). The van der Waals surface area contributed by atoms with Crippen molar-refractivity contribution in [1.82, 2.24) is 5.43 Å². The van der Waals surface area contributed by atoms with Crippen molar-refractivity contribution < 1.29 is 14.5 Å². The molecule has 26 heavy (non-hydrogen) atoms. The number of nitro groups is 1. The van der Waals surface area contributed by atoms with Crippen molar-refractivity contribution in [3.8, 4) is 5.75 Å². The second-order valence-electron chi connectivity index (χ2n) is 5.45. The Morgan fingerprint density at radius 2 is 2.08 bits per heavy atom. The largest absolute Gasteiger partial charge is 0.483 e. The minimum absolute atomic E-state index is 0.0351. The summed E-state index contributed by atoms with van der Waals surface area (Å²) in [6.45, 7) is 3.51. The lowest BCUT2D eigenvalue weighted by Gasteiger charge is -2.09. The monoisotopic (exact) mass is 419 g/mol. The molecule has 0 aromatic heterocycles. The number of aryl methyl sites for hydroxylation is 1. The quantitative estimate of drug-likeness (QED) is 0.419. The molecular weight excluding hydrogens is 402 g/mol. The summed E-state index contributed by atoms with van der Waals surface area (Å²) in [4.78, 5) is 22.2. The molecule has 0 radical (unpaired) electrons. The molecule has 1 amide bonds. The molecule has 0 fully saturated rings. The van der Waals surface area contributed by atoms with Gasteiger partial charge in [0.15, 0.2) is 6.61 Å². The first-order valence-electron chi connectivity index (χ1n) is 7.90. The van der Waals surface area contributed by atoms with Crippen molar-refractivity contribution in [2.75, 3.05) is 6.61 Å². The number of amides is 1. The van der Waals surface area contributed by atoms with Gasteiger partial charge in [0.1, 0.15) is 5.75 Å². The number of nitrogens with one attached hydrogen (secondary N) is 1. The van der Waals surface area contributed by atoms with Gasteiger partial charge in [-0.1, -0.05) is 25.1 Å². The molecule has 0 unspecified atom stereocenters. The number of nitrogens with zero attached hydrogens (tertiary/aromatic N) is 2. The maximum Gasteiger partial charge on any atom is 0.277 e. The number of rotatable bonds is 7. The maximum absolute atomic E-state index is 11.9. The predicted octanol–water partition coefficient (Wildman–Crippen LogP) is 3.84. The van der Waals surface area contributed by atoms with Gasteiger partial charge in [0.25, 0.3) is 11.6 Å². The summed E-state index contributed by atoms with van der Waals surface area (Å²) >= 11 is 3.41. The second-order valence-corrected chi connectivity index (χ2v) is 6.30. The number of benzene rings is 2. The van der Waals surface area contributed by atoms with Crippen LogP contribution in [0.5, 0.6) is 5.75 Å². The highest BCUT2D eigenvalue weighted by molar-refractivity contribution is 9.10. The van der Waals surface area contributed by atoms with Crippen molar-refractivity contribution in [3.05, 3.63) is 68.2 Å². The number of hydrogen-bond acceptors (Lipinski definition) is 5. The number of nitro benzene ring substituents is 1. The summed E-state index contributed by atoms with van der Waals surface area (Å²) in [5, 5.41) is 14.8. The van der Waals surface area contributed by atoms with Gasteiger partial charge >= 0.3 is 0 Å². The van der Waals surface area contributed by atoms with E-state index < -0.39 is 10.8 Å². The minimum atomic E-state index is -0.481. The third-order valence-electron chi connectivity index (χ3n) is 3.59. The molecule has 0 heterocycles. The van der Waals surface area contributed by atoms with Crippen LogP contribution in [0.4, 0.5) is 5.69 Å². The zero-order valence-corrected chi connectivity index (χ0v) is 15.9. The Bertz CT molecular complexity index is 852. The average molecular weight is 420 g/mol. The van der Waals surface area contributed by atoms with E-state index in [2.05, 4.69) is 33.4 Å². The van der Waals surface area contributed by atoms with Crippen molar-refractivity contribution in [2.24, 2.45) is 5.10 Å². The summed E-state index contributed by atoms with van der Waals surface area (Å²) in [6.07, 6.45) is 0.908. The van der Waals surface area contributed by atoms with Crippen LogP contribution in [0.25, 0.3) is 0 Å². The van der Waals surface area contributed by atoms with E-state index in [-0.39, 0.29) is 12.3 Å². The van der Waals surface area contributed by atoms with Gasteiger partial charge in [0.2, 0.25) is 0 Å². The van der Waals surface area contributed by atoms with Gasteiger partial charge in [-0.15, -0.1) is 0 Å². The molecule has 0 aliphatic rings. The van der Waals surface area contributed by atoms with Crippen molar-refractivity contribution in [3.63, 3.8) is 0 Å². The molecule has 0 aliphatic heterocycles. The SMILES string of the molecule is CCc1ccc(OCC(=O)N/N=C(\C)c2cccc([N+](=O)[O-])c2)c(Br)c1. The van der Waals surface area contributed by atoms with Crippen molar-refractivity contribution in [1.29, 1.82) is 0 Å². The van der Waals surface area contributed by atoms with E-state index in [9.17, 15) is 14.9 Å². The smallest absolute Gasteiger partial charge is 0.277 e. The van der Waals surface area contributed by atoms with Crippen LogP contribution in [0.15, 0.2) is 52.0 Å². The standard InChI is InChI=1S/C18H18BrN3O4/c1-3-13-7-8-17(16(19)9-13)26-11-18(23)21-20-12(2)14-5-4-6-15(10-14)22(24)25/h4-10H,3,11H2,1-2H3,(H,21,23)/b20-12+. The number of ether oxygens (including phenoxy) is 1. The fourth-order valence-electron chi connectivity index (χ4n) is 2.11. The summed E-state index contributed by atoms with van der Waals surface area (Å²) in [5.41, 5.74) is 4.51. The third-order valence-corrected chi connectivity index (χ3v) is 4.21. The third kappa shape index (κ3) is 5.38. The van der Waals surface area contributed by atoms with Gasteiger partial charge in [-0.05, 0) is 47.0 Å². The minimum Gasteiger partial charge on any atom is -0.483 e. The Kier molecular flexibility index (Phi) is 6.85. The highest BCUT2D eigenvalue weighted by atomic mass is 79.9. The lowest BCUT2D eigenvalue weighted by molar-refractivity contribution is -0.384. The molecule has 0 atom stereocenters. The molecule has 0 aliphatic carbocycles. The van der Waals surface area contributed by atoms with Crippen LogP contribution < -0.4 is 10.2 Å². The van der Waals surface area contributed by atoms with Crippen LogP contribution in [-0.2, 0) is 11.2 Å². The fourth-order valence-corrected chi connectivity index (χ4v) is 2.65. The average Bonchev–Trinajstić information content (AvgIpc) is 2.65. The molecule has 2 aromatic rings. The summed E-state index contributed by atoms with van der Waals surface area (Å²) in [5.74, 6) is 0.137. The highest BCUT2D eigenvalue weighted by Gasteiger charge is 2.09. The molecule has 0 bridgehead atoms. The number of hydrazone groups is 1. The van der Waals surface area contributed by atoms with E-state index in [1.54, 1.807) is 25.1 Å². The lowest BCUT2D eigenvalue weighted by Crippen LogP contribution is -2.25. The molecule has 2 aromatic carbocycles. The Balaban J connectivity index is 1.94. The first-order chi connectivity index (χ1) is 12.4. The number of carbonyl (C=O) groups excluding carboxylic acids is 1. The van der Waals surface area contributed by atoms with E-state index in [0.29, 0.717) is 17.0 Å². The van der Waals surface area contributed by atoms with E-state index in [0.717, 1.165) is 16.5 Å². The zero-order chi connectivity index (χ0) is 19.1. The van der Waals surface area contributed by atoms with Gasteiger partial charge in [0, 0.05) is 17.7 Å². The number of carbonyl (C=O) groups is 1. The number of non-ortho nitro benzene ring substituents is 1. The van der Waals surface area contributed by atoms with Gasteiger partial charge in [-0.3, -0.25) is 14.9 Å². The molecule has 7 nitrogen and oxygen atoms in total. The van der Waals surface area contributed by atoms with Crippen molar-refractivity contribution in [2.45, 2.75) is 20.3 Å². The van der Waals surface area contributed by atoms with Gasteiger partial charge in [-0.2, -0.15) is 5.10 Å². The molecule has 0 saturated carbocycles. The van der Waals surface area contributed by atoms with Crippen molar-refractivity contribution >= 4 is 33.2 Å². The van der Waals surface area contributed by atoms with Gasteiger partial charge < -0.3 is 4.74 Å². The first kappa shape index (κ1) is 19.6. The van der Waals surface area contributed by atoms with Crippen LogP contribution in [0.1, 0.15) is 25.0 Å². The van der Waals surface area contributed by atoms with Crippen LogP contribution in [0.3, 0.4) is 0 Å². The molecule has 136 valence electrons. The lowest BCUT2D eigenvalue weighted by atomic mass is 10.1. The van der Waals surface area contributed by atoms with E-state index in [1.807, 2.05) is 12.1 Å². The van der Waals surface area contributed by atoms with E-state index in [1.165, 1.54) is 12.1 Å². The molecule has 8 heteroatoms. The first-order valence-corrected chi connectivity index (χ1v) is 8.69. The normalized spacial score (nSPS) is 11.1. The molecular formula is C18H18BrN3O4. The Labute approximate surface area is 159 Å². The Morgan fingerprint density at radius 3 is 2.73 bits per heavy atom. The maximum atomic E-state index is 11.9. The molecule has 0 saturated heterocycles. The predicted molar refractivity (Wildman–Crippen MR) is 102 cm³/mol. The van der Waals surface area contributed by atoms with Crippen LogP contribution in [0, 0.1) is 10.1 Å². The number of hydrogen-bond donors (Lipinski definition) is 1. The highest BCUT2D eigenvalue weighted by Crippen LogP contribution is 2.26. The number of halogens is 1. The topological polar surface area (TPSA) is 93.8 Å². The van der Waals surface area contributed by atoms with Crippen LogP contribution >= 0.6 is 15.9 Å². The second kappa shape index (κ2) is 9.10. The Hall–Kier alpha value is -2.74. The molecule has 1 N–H and O–H groups in total. The van der Waals surface area contributed by atoms with Crippen LogP contribution in [-0.4, -0.2) is 23.1 Å². The van der Waals surface area contributed by atoms with E-state index >= 15 is 0 Å². The van der Waals surface area contributed by atoms with Gasteiger partial charge in [0.05, 0.1) is 15.1 Å². The van der Waals surface area contributed by atoms with Gasteiger partial charge in [-0.25, -0.2) is 5.43 Å². The van der Waals surface area contributed by atoms with Crippen LogP contribution in [0.2, 0.25) is 0 Å². The fraction of sp³-hybridized carbons (Fsp3) is 0.222. The Morgan fingerprint density at radius 1 is 1.31 bits per heavy atom.